The molecule has 0 aliphatic rings. The molecule has 0 heterocycles. The second-order valence-electron chi connectivity index (χ2n) is 2.54. The fourth-order valence-corrected chi connectivity index (χ4v) is 1.59. The topological polar surface area (TPSA) is 40.5 Å². The third kappa shape index (κ3) is 2.43. The van der Waals surface area contributed by atoms with E-state index >= 15 is 0 Å². The van der Waals surface area contributed by atoms with Gasteiger partial charge in [-0.25, -0.2) is 0 Å². The molecule has 1 rings (SSSR count). The molecule has 0 bridgehead atoms. The lowest BCUT2D eigenvalue weighted by atomic mass is 10.2. The number of aliphatic hydroxyl groups excluding tert-OH is 1. The fourth-order valence-electron chi connectivity index (χ4n) is 0.905. The van der Waals surface area contributed by atoms with E-state index in [0.717, 1.165) is 10.5 Å². The first-order valence-electron chi connectivity index (χ1n) is 3.77. The van der Waals surface area contributed by atoms with Gasteiger partial charge in [-0.15, -0.1) is 11.8 Å². The molecule has 1 aromatic carbocycles. The van der Waals surface area contributed by atoms with Gasteiger partial charge in [0.1, 0.15) is 5.75 Å². The molecular weight excluding hydrogens is 172 g/mol. The lowest BCUT2D eigenvalue weighted by Crippen LogP contribution is -1.85. The zero-order chi connectivity index (χ0) is 8.97. The van der Waals surface area contributed by atoms with E-state index in [1.807, 2.05) is 19.1 Å². The summed E-state index contributed by atoms with van der Waals surface area (Å²) in [6, 6.07) is 5.53. The Bertz CT molecular complexity index is 261. The third-order valence-electron chi connectivity index (χ3n) is 1.46. The van der Waals surface area contributed by atoms with Gasteiger partial charge in [-0.3, -0.25) is 0 Å². The Morgan fingerprint density at radius 3 is 2.75 bits per heavy atom. The second-order valence-corrected chi connectivity index (χ2v) is 3.68. The molecule has 0 aliphatic carbocycles. The van der Waals surface area contributed by atoms with Crippen LogP contribution in [0.2, 0.25) is 0 Å². The Hall–Kier alpha value is -0.670. The van der Waals surface area contributed by atoms with Crippen LogP contribution in [0, 0.1) is 6.92 Å². The molecule has 0 aromatic heterocycles. The number of phenols is 1. The Morgan fingerprint density at radius 2 is 2.17 bits per heavy atom. The van der Waals surface area contributed by atoms with E-state index in [0.29, 0.717) is 11.5 Å². The zero-order valence-corrected chi connectivity index (χ0v) is 7.77. The van der Waals surface area contributed by atoms with Gasteiger partial charge in [-0.2, -0.15) is 0 Å². The molecule has 1 aromatic rings. The monoisotopic (exact) mass is 184 g/mol. The van der Waals surface area contributed by atoms with Gasteiger partial charge in [0.15, 0.2) is 0 Å². The number of benzene rings is 1. The van der Waals surface area contributed by atoms with Crippen LogP contribution in [0.25, 0.3) is 0 Å². The molecule has 0 fully saturated rings. The minimum atomic E-state index is 0.137. The highest BCUT2D eigenvalue weighted by molar-refractivity contribution is 7.99. The smallest absolute Gasteiger partial charge is 0.129 e. The first kappa shape index (κ1) is 9.42. The number of aromatic hydroxyl groups is 1. The van der Waals surface area contributed by atoms with Crippen LogP contribution in [-0.2, 0) is 0 Å². The van der Waals surface area contributed by atoms with E-state index in [1.54, 1.807) is 6.07 Å². The molecule has 12 heavy (non-hydrogen) atoms. The van der Waals surface area contributed by atoms with Gasteiger partial charge in [-0.1, -0.05) is 6.07 Å². The largest absolute Gasteiger partial charge is 0.507 e. The van der Waals surface area contributed by atoms with Crippen LogP contribution in [-0.4, -0.2) is 22.6 Å². The molecule has 0 aliphatic heterocycles. The van der Waals surface area contributed by atoms with Crippen molar-refractivity contribution in [2.24, 2.45) is 0 Å². The van der Waals surface area contributed by atoms with E-state index in [9.17, 15) is 5.11 Å². The average molecular weight is 184 g/mol. The number of hydrogen-bond donors (Lipinski definition) is 2. The van der Waals surface area contributed by atoms with Gasteiger partial charge in [0.25, 0.3) is 0 Å². The lowest BCUT2D eigenvalue weighted by molar-refractivity contribution is 0.322. The van der Waals surface area contributed by atoms with Crippen molar-refractivity contribution in [1.29, 1.82) is 0 Å². The molecule has 3 heteroatoms. The second kappa shape index (κ2) is 4.38. The van der Waals surface area contributed by atoms with Crippen molar-refractivity contribution in [3.63, 3.8) is 0 Å². The van der Waals surface area contributed by atoms with Crippen molar-refractivity contribution in [2.45, 2.75) is 11.8 Å². The van der Waals surface area contributed by atoms with Crippen LogP contribution in [0.1, 0.15) is 5.56 Å². The van der Waals surface area contributed by atoms with Crippen molar-refractivity contribution in [3.8, 4) is 5.75 Å². The van der Waals surface area contributed by atoms with E-state index in [2.05, 4.69) is 0 Å². The van der Waals surface area contributed by atoms with E-state index < -0.39 is 0 Å². The Labute approximate surface area is 76.2 Å². The van der Waals surface area contributed by atoms with Gasteiger partial charge in [0.2, 0.25) is 0 Å². The van der Waals surface area contributed by atoms with Crippen LogP contribution >= 0.6 is 11.8 Å². The van der Waals surface area contributed by atoms with Crippen LogP contribution in [0.4, 0.5) is 0 Å². The fraction of sp³-hybridized carbons (Fsp3) is 0.333. The van der Waals surface area contributed by atoms with Crippen molar-refractivity contribution in [2.75, 3.05) is 12.4 Å². The summed E-state index contributed by atoms with van der Waals surface area (Å²) < 4.78 is 0. The maximum absolute atomic E-state index is 9.42. The summed E-state index contributed by atoms with van der Waals surface area (Å²) in [5.74, 6) is 0.921. The lowest BCUT2D eigenvalue weighted by Gasteiger charge is -2.03. The number of aryl methyl sites for hydroxylation is 1. The summed E-state index contributed by atoms with van der Waals surface area (Å²) >= 11 is 1.46. The molecule has 0 amide bonds. The molecule has 66 valence electrons. The van der Waals surface area contributed by atoms with E-state index in [1.165, 1.54) is 11.8 Å². The van der Waals surface area contributed by atoms with Crippen molar-refractivity contribution in [3.05, 3.63) is 23.8 Å². The highest BCUT2D eigenvalue weighted by Gasteiger charge is 2.00. The van der Waals surface area contributed by atoms with Gasteiger partial charge >= 0.3 is 0 Å². The molecule has 0 saturated carbocycles. The predicted molar refractivity (Wildman–Crippen MR) is 50.7 cm³/mol. The Morgan fingerprint density at radius 1 is 1.42 bits per heavy atom. The van der Waals surface area contributed by atoms with Crippen LogP contribution in [0.5, 0.6) is 5.75 Å². The van der Waals surface area contributed by atoms with Crippen LogP contribution < -0.4 is 0 Å². The summed E-state index contributed by atoms with van der Waals surface area (Å²) in [7, 11) is 0. The molecule has 0 radical (unpaired) electrons. The summed E-state index contributed by atoms with van der Waals surface area (Å²) in [4.78, 5) is 0.828. The van der Waals surface area contributed by atoms with E-state index in [4.69, 9.17) is 5.11 Å². The van der Waals surface area contributed by atoms with Gasteiger partial charge < -0.3 is 10.2 Å². The number of rotatable bonds is 3. The number of aliphatic hydroxyl groups is 1. The van der Waals surface area contributed by atoms with Crippen LogP contribution in [0.3, 0.4) is 0 Å². The van der Waals surface area contributed by atoms with Crippen molar-refractivity contribution in [1.82, 2.24) is 0 Å². The minimum absolute atomic E-state index is 0.137. The Balaban J connectivity index is 2.72. The van der Waals surface area contributed by atoms with Gasteiger partial charge in [0, 0.05) is 10.6 Å². The SMILES string of the molecule is Cc1ccc(SCCO)c(O)c1. The highest BCUT2D eigenvalue weighted by Crippen LogP contribution is 2.28. The minimum Gasteiger partial charge on any atom is -0.507 e. The summed E-state index contributed by atoms with van der Waals surface area (Å²) in [5, 5.41) is 18.0. The molecular formula is C9H12O2S. The third-order valence-corrected chi connectivity index (χ3v) is 2.51. The van der Waals surface area contributed by atoms with Gasteiger partial charge in [-0.05, 0) is 24.6 Å². The average Bonchev–Trinajstić information content (AvgIpc) is 2.03. The standard InChI is InChI=1S/C9H12O2S/c1-7-2-3-9(8(11)6-7)12-5-4-10/h2-3,6,10-11H,4-5H2,1H3. The quantitative estimate of drug-likeness (QED) is 0.703. The predicted octanol–water partition coefficient (Wildman–Crippen LogP) is 1.79. The van der Waals surface area contributed by atoms with Crippen molar-refractivity contribution >= 4 is 11.8 Å². The zero-order valence-electron chi connectivity index (χ0n) is 6.95. The molecule has 0 atom stereocenters. The molecule has 0 spiro atoms. The highest BCUT2D eigenvalue weighted by atomic mass is 32.2. The first-order chi connectivity index (χ1) is 5.74. The normalized spacial score (nSPS) is 10.2. The maximum Gasteiger partial charge on any atom is 0.129 e. The first-order valence-corrected chi connectivity index (χ1v) is 4.76. The Kier molecular flexibility index (Phi) is 3.44. The van der Waals surface area contributed by atoms with E-state index in [-0.39, 0.29) is 6.61 Å². The number of thioether (sulfide) groups is 1. The van der Waals surface area contributed by atoms with Crippen molar-refractivity contribution < 1.29 is 10.2 Å². The molecule has 2 N–H and O–H groups in total. The number of phenolic OH excluding ortho intramolecular Hbond substituents is 1. The summed E-state index contributed by atoms with van der Waals surface area (Å²) in [6.07, 6.45) is 0. The number of hydrogen-bond acceptors (Lipinski definition) is 3. The van der Waals surface area contributed by atoms with Crippen LogP contribution in [0.15, 0.2) is 23.1 Å². The molecule has 0 saturated heterocycles. The molecule has 0 unspecified atom stereocenters. The van der Waals surface area contributed by atoms with Gasteiger partial charge in [0.05, 0.1) is 6.61 Å². The summed E-state index contributed by atoms with van der Waals surface area (Å²) in [5.41, 5.74) is 1.04. The molecule has 2 nitrogen and oxygen atoms in total. The summed E-state index contributed by atoms with van der Waals surface area (Å²) in [6.45, 7) is 2.07. The maximum atomic E-state index is 9.42.